The molecule has 0 atom stereocenters. The quantitative estimate of drug-likeness (QED) is 0.863. The molecule has 0 unspecified atom stereocenters. The zero-order valence-electron chi connectivity index (χ0n) is 11.4. The first-order chi connectivity index (χ1) is 9.94. The summed E-state index contributed by atoms with van der Waals surface area (Å²) in [6.45, 7) is 2.01. The highest BCUT2D eigenvalue weighted by molar-refractivity contribution is 9.10. The van der Waals surface area contributed by atoms with Gasteiger partial charge in [0.2, 0.25) is 0 Å². The number of para-hydroxylation sites is 1. The van der Waals surface area contributed by atoms with Gasteiger partial charge in [0, 0.05) is 11.0 Å². The van der Waals surface area contributed by atoms with E-state index in [-0.39, 0.29) is 16.5 Å². The van der Waals surface area contributed by atoms with Crippen LogP contribution in [0.2, 0.25) is 0 Å². The third-order valence-corrected chi connectivity index (χ3v) is 5.61. The van der Waals surface area contributed by atoms with Crippen LogP contribution in [0.4, 0.5) is 10.1 Å². The molecule has 0 radical (unpaired) electrons. The van der Waals surface area contributed by atoms with Gasteiger partial charge >= 0.3 is 0 Å². The minimum Gasteiger partial charge on any atom is -0.380 e. The Morgan fingerprint density at radius 3 is 2.57 bits per heavy atom. The van der Waals surface area contributed by atoms with E-state index in [0.29, 0.717) is 16.7 Å². The van der Waals surface area contributed by atoms with Gasteiger partial charge in [-0.25, -0.2) is 12.8 Å². The zero-order valence-corrected chi connectivity index (χ0v) is 13.8. The molecule has 0 bridgehead atoms. The summed E-state index contributed by atoms with van der Waals surface area (Å²) in [6.07, 6.45) is 0. The second-order valence-electron chi connectivity index (χ2n) is 4.49. The van der Waals surface area contributed by atoms with Crippen molar-refractivity contribution in [3.63, 3.8) is 0 Å². The minimum absolute atomic E-state index is 0.0476. The summed E-state index contributed by atoms with van der Waals surface area (Å²) < 4.78 is 37.8. The lowest BCUT2D eigenvalue weighted by atomic mass is 10.2. The van der Waals surface area contributed by atoms with Gasteiger partial charge in [-0.2, -0.15) is 0 Å². The van der Waals surface area contributed by atoms with E-state index in [4.69, 9.17) is 0 Å². The van der Waals surface area contributed by atoms with Crippen LogP contribution in [0.3, 0.4) is 0 Å². The van der Waals surface area contributed by atoms with Gasteiger partial charge in [0.25, 0.3) is 0 Å². The van der Waals surface area contributed by atoms with Crippen LogP contribution in [0.5, 0.6) is 0 Å². The maximum atomic E-state index is 13.0. The molecule has 2 rings (SSSR count). The first kappa shape index (κ1) is 16.0. The van der Waals surface area contributed by atoms with E-state index in [1.807, 2.05) is 0 Å². The normalized spacial score (nSPS) is 11.4. The lowest BCUT2D eigenvalue weighted by molar-refractivity contribution is 0.597. The summed E-state index contributed by atoms with van der Waals surface area (Å²) in [5.74, 6) is -0.272. The van der Waals surface area contributed by atoms with Crippen molar-refractivity contribution in [2.24, 2.45) is 0 Å². The van der Waals surface area contributed by atoms with E-state index in [9.17, 15) is 12.8 Å². The standard InChI is InChI=1S/C15H15BrFNO2S/c1-2-21(19,20)15-6-4-3-5-14(15)18-10-11-7-8-12(17)9-13(11)16/h3-9,18H,2,10H2,1H3. The molecule has 0 aliphatic carbocycles. The monoisotopic (exact) mass is 371 g/mol. The SMILES string of the molecule is CCS(=O)(=O)c1ccccc1NCc1ccc(F)cc1Br. The molecule has 0 aliphatic heterocycles. The molecule has 1 N–H and O–H groups in total. The highest BCUT2D eigenvalue weighted by Gasteiger charge is 2.15. The van der Waals surface area contributed by atoms with Gasteiger partial charge < -0.3 is 5.32 Å². The summed E-state index contributed by atoms with van der Waals surface area (Å²) in [7, 11) is -3.28. The van der Waals surface area contributed by atoms with Crippen LogP contribution in [0.1, 0.15) is 12.5 Å². The van der Waals surface area contributed by atoms with E-state index >= 15 is 0 Å². The molecule has 3 nitrogen and oxygen atoms in total. The topological polar surface area (TPSA) is 46.2 Å². The molecule has 0 aromatic heterocycles. The Labute approximate surface area is 132 Å². The molecule has 0 aliphatic rings. The van der Waals surface area contributed by atoms with Gasteiger partial charge in [-0.05, 0) is 29.8 Å². The van der Waals surface area contributed by atoms with Crippen molar-refractivity contribution in [2.45, 2.75) is 18.4 Å². The van der Waals surface area contributed by atoms with Crippen molar-refractivity contribution in [1.29, 1.82) is 0 Å². The Kier molecular flexibility index (Phi) is 5.00. The van der Waals surface area contributed by atoms with E-state index in [1.165, 1.54) is 12.1 Å². The number of benzene rings is 2. The number of sulfone groups is 1. The first-order valence-corrected chi connectivity index (χ1v) is 8.88. The van der Waals surface area contributed by atoms with E-state index in [0.717, 1.165) is 5.56 Å². The molecule has 112 valence electrons. The summed E-state index contributed by atoms with van der Waals surface area (Å²) in [4.78, 5) is 0.283. The van der Waals surface area contributed by atoms with Gasteiger partial charge in [0.1, 0.15) is 5.82 Å². The number of hydrogen-bond acceptors (Lipinski definition) is 3. The molecular weight excluding hydrogens is 357 g/mol. The zero-order chi connectivity index (χ0) is 15.5. The highest BCUT2D eigenvalue weighted by Crippen LogP contribution is 2.24. The van der Waals surface area contributed by atoms with Gasteiger partial charge in [0.05, 0.1) is 16.3 Å². The summed E-state index contributed by atoms with van der Waals surface area (Å²) in [5.41, 5.74) is 1.40. The Morgan fingerprint density at radius 2 is 1.90 bits per heavy atom. The van der Waals surface area contributed by atoms with E-state index in [1.54, 1.807) is 37.3 Å². The molecule has 0 spiro atoms. The summed E-state index contributed by atoms with van der Waals surface area (Å²) in [5, 5.41) is 3.10. The van der Waals surface area contributed by atoms with Crippen molar-refractivity contribution >= 4 is 31.5 Å². The van der Waals surface area contributed by atoms with E-state index < -0.39 is 9.84 Å². The number of rotatable bonds is 5. The Balaban J connectivity index is 2.25. The Bertz CT molecular complexity index is 747. The molecule has 0 heterocycles. The van der Waals surface area contributed by atoms with Crippen LogP contribution in [-0.2, 0) is 16.4 Å². The van der Waals surface area contributed by atoms with Gasteiger partial charge in [-0.1, -0.05) is 41.1 Å². The minimum atomic E-state index is -3.28. The van der Waals surface area contributed by atoms with Crippen molar-refractivity contribution in [1.82, 2.24) is 0 Å². The second-order valence-corrected chi connectivity index (χ2v) is 7.59. The maximum absolute atomic E-state index is 13.0. The smallest absolute Gasteiger partial charge is 0.180 e. The molecule has 0 saturated carbocycles. The van der Waals surface area contributed by atoms with E-state index in [2.05, 4.69) is 21.2 Å². The molecule has 21 heavy (non-hydrogen) atoms. The molecular formula is C15H15BrFNO2S. The lowest BCUT2D eigenvalue weighted by Crippen LogP contribution is -2.09. The van der Waals surface area contributed by atoms with Crippen LogP contribution in [0, 0.1) is 5.82 Å². The predicted octanol–water partition coefficient (Wildman–Crippen LogP) is 3.99. The predicted molar refractivity (Wildman–Crippen MR) is 85.6 cm³/mol. The van der Waals surface area contributed by atoms with Crippen LogP contribution in [0.25, 0.3) is 0 Å². The number of halogens is 2. The van der Waals surface area contributed by atoms with Crippen LogP contribution >= 0.6 is 15.9 Å². The molecule has 6 heteroatoms. The van der Waals surface area contributed by atoms with Crippen molar-refractivity contribution < 1.29 is 12.8 Å². The Morgan fingerprint density at radius 1 is 1.19 bits per heavy atom. The molecule has 0 saturated heterocycles. The van der Waals surface area contributed by atoms with Crippen molar-refractivity contribution in [2.75, 3.05) is 11.1 Å². The third-order valence-electron chi connectivity index (χ3n) is 3.09. The average Bonchev–Trinajstić information content (AvgIpc) is 2.46. The van der Waals surface area contributed by atoms with Gasteiger partial charge in [-0.3, -0.25) is 0 Å². The molecule has 0 amide bonds. The largest absolute Gasteiger partial charge is 0.380 e. The fourth-order valence-electron chi connectivity index (χ4n) is 1.89. The fourth-order valence-corrected chi connectivity index (χ4v) is 3.46. The van der Waals surface area contributed by atoms with Crippen molar-refractivity contribution in [3.8, 4) is 0 Å². The van der Waals surface area contributed by atoms with Gasteiger partial charge in [0.15, 0.2) is 9.84 Å². The van der Waals surface area contributed by atoms with Crippen LogP contribution in [0.15, 0.2) is 51.8 Å². The average molecular weight is 372 g/mol. The lowest BCUT2D eigenvalue weighted by Gasteiger charge is -2.12. The second kappa shape index (κ2) is 6.58. The third kappa shape index (κ3) is 3.83. The number of anilines is 1. The fraction of sp³-hybridized carbons (Fsp3) is 0.200. The van der Waals surface area contributed by atoms with Crippen LogP contribution < -0.4 is 5.32 Å². The summed E-state index contributed by atoms with van der Waals surface area (Å²) in [6, 6.07) is 11.2. The summed E-state index contributed by atoms with van der Waals surface area (Å²) >= 11 is 3.29. The van der Waals surface area contributed by atoms with Crippen LogP contribution in [-0.4, -0.2) is 14.2 Å². The van der Waals surface area contributed by atoms with Gasteiger partial charge in [-0.15, -0.1) is 0 Å². The highest BCUT2D eigenvalue weighted by atomic mass is 79.9. The Hall–Kier alpha value is -1.40. The molecule has 2 aromatic carbocycles. The molecule has 0 fully saturated rings. The van der Waals surface area contributed by atoms with Crippen molar-refractivity contribution in [3.05, 3.63) is 58.3 Å². The number of nitrogens with one attached hydrogen (secondary N) is 1. The molecule has 2 aromatic rings. The number of hydrogen-bond donors (Lipinski definition) is 1. The maximum Gasteiger partial charge on any atom is 0.180 e. The first-order valence-electron chi connectivity index (χ1n) is 6.43.